The van der Waals surface area contributed by atoms with E-state index in [1.54, 1.807) is 39.3 Å². The molecular formula is C19H19FN4O2. The number of anilines is 4. The zero-order chi connectivity index (χ0) is 18.5. The summed E-state index contributed by atoms with van der Waals surface area (Å²) in [6.07, 6.45) is 0. The van der Waals surface area contributed by atoms with E-state index < -0.39 is 0 Å². The summed E-state index contributed by atoms with van der Waals surface area (Å²) < 4.78 is 23.6. The second kappa shape index (κ2) is 7.69. The molecule has 0 aliphatic carbocycles. The maximum atomic E-state index is 13.0. The predicted octanol–water partition coefficient (Wildman–Crippen LogP) is 4.43. The first-order valence-electron chi connectivity index (χ1n) is 7.94. The summed E-state index contributed by atoms with van der Waals surface area (Å²) in [5.41, 5.74) is 1.54. The van der Waals surface area contributed by atoms with E-state index in [1.807, 2.05) is 18.2 Å². The third-order valence-electron chi connectivity index (χ3n) is 3.61. The van der Waals surface area contributed by atoms with Crippen molar-refractivity contribution < 1.29 is 13.9 Å². The van der Waals surface area contributed by atoms with Gasteiger partial charge < -0.3 is 20.1 Å². The molecule has 1 heterocycles. The Kier molecular flexibility index (Phi) is 5.17. The van der Waals surface area contributed by atoms with Gasteiger partial charge in [-0.05, 0) is 43.3 Å². The largest absolute Gasteiger partial charge is 0.493 e. The van der Waals surface area contributed by atoms with Crippen LogP contribution in [0.25, 0.3) is 0 Å². The highest BCUT2D eigenvalue weighted by atomic mass is 19.1. The lowest BCUT2D eigenvalue weighted by Gasteiger charge is -2.12. The number of aromatic nitrogens is 2. The van der Waals surface area contributed by atoms with Gasteiger partial charge in [0.25, 0.3) is 0 Å². The molecule has 7 heteroatoms. The van der Waals surface area contributed by atoms with Gasteiger partial charge in [-0.3, -0.25) is 0 Å². The minimum atomic E-state index is -0.287. The molecule has 0 atom stereocenters. The lowest BCUT2D eigenvalue weighted by Crippen LogP contribution is -2.02. The van der Waals surface area contributed by atoms with Gasteiger partial charge in [-0.1, -0.05) is 0 Å². The fourth-order valence-corrected chi connectivity index (χ4v) is 2.44. The molecule has 0 bridgehead atoms. The number of nitrogens with zero attached hydrogens (tertiary/aromatic N) is 2. The van der Waals surface area contributed by atoms with Crippen LogP contribution in [0.15, 0.2) is 48.5 Å². The first kappa shape index (κ1) is 17.5. The summed E-state index contributed by atoms with van der Waals surface area (Å²) >= 11 is 0. The Morgan fingerprint density at radius 2 is 1.35 bits per heavy atom. The van der Waals surface area contributed by atoms with Gasteiger partial charge in [0.1, 0.15) is 23.3 Å². The van der Waals surface area contributed by atoms with E-state index in [9.17, 15) is 4.39 Å². The summed E-state index contributed by atoms with van der Waals surface area (Å²) in [5, 5.41) is 6.36. The number of nitrogens with one attached hydrogen (secondary N) is 2. The van der Waals surface area contributed by atoms with Crippen LogP contribution in [-0.4, -0.2) is 24.2 Å². The van der Waals surface area contributed by atoms with Gasteiger partial charge in [0.15, 0.2) is 11.5 Å². The first-order valence-corrected chi connectivity index (χ1v) is 7.94. The third kappa shape index (κ3) is 4.18. The fraction of sp³-hybridized carbons (Fsp3) is 0.158. The average Bonchev–Trinajstić information content (AvgIpc) is 2.63. The Balaban J connectivity index is 1.82. The maximum Gasteiger partial charge on any atom is 0.162 e. The Morgan fingerprint density at radius 1 is 0.769 bits per heavy atom. The van der Waals surface area contributed by atoms with Gasteiger partial charge in [-0.25, -0.2) is 14.4 Å². The van der Waals surface area contributed by atoms with E-state index in [1.165, 1.54) is 12.1 Å². The van der Waals surface area contributed by atoms with Gasteiger partial charge in [-0.2, -0.15) is 0 Å². The molecule has 6 nitrogen and oxygen atoms in total. The van der Waals surface area contributed by atoms with E-state index in [0.29, 0.717) is 29.0 Å². The topological polar surface area (TPSA) is 68.3 Å². The molecule has 26 heavy (non-hydrogen) atoms. The SMILES string of the molecule is COc1ccc(Nc2cc(Nc3ccc(F)cc3)nc(C)n2)cc1OC. The number of benzene rings is 2. The van der Waals surface area contributed by atoms with Crippen LogP contribution in [0.1, 0.15) is 5.82 Å². The van der Waals surface area contributed by atoms with Crippen molar-refractivity contribution in [1.29, 1.82) is 0 Å². The van der Waals surface area contributed by atoms with Crippen LogP contribution in [0.5, 0.6) is 11.5 Å². The van der Waals surface area contributed by atoms with Crippen LogP contribution in [0.3, 0.4) is 0 Å². The fourth-order valence-electron chi connectivity index (χ4n) is 2.44. The Morgan fingerprint density at radius 3 is 1.96 bits per heavy atom. The third-order valence-corrected chi connectivity index (χ3v) is 3.61. The summed E-state index contributed by atoms with van der Waals surface area (Å²) in [4.78, 5) is 8.74. The predicted molar refractivity (Wildman–Crippen MR) is 99.3 cm³/mol. The van der Waals surface area contributed by atoms with Crippen molar-refractivity contribution in [3.8, 4) is 11.5 Å². The normalized spacial score (nSPS) is 10.3. The highest BCUT2D eigenvalue weighted by Gasteiger charge is 2.07. The minimum absolute atomic E-state index is 0.287. The minimum Gasteiger partial charge on any atom is -0.493 e. The second-order valence-electron chi connectivity index (χ2n) is 5.51. The molecule has 0 spiro atoms. The zero-order valence-corrected chi connectivity index (χ0v) is 14.7. The first-order chi connectivity index (χ1) is 12.6. The number of aryl methyl sites for hydroxylation is 1. The lowest BCUT2D eigenvalue weighted by atomic mass is 10.2. The standard InChI is InChI=1S/C19H19FN4O2/c1-12-21-18(23-14-6-4-13(20)5-7-14)11-19(22-12)24-15-8-9-16(25-2)17(10-15)26-3/h4-11H,1-3H3,(H2,21,22,23,24). The van der Waals surface area contributed by atoms with Crippen molar-refractivity contribution >= 4 is 23.0 Å². The van der Waals surface area contributed by atoms with Crippen molar-refractivity contribution in [1.82, 2.24) is 9.97 Å². The van der Waals surface area contributed by atoms with Crippen LogP contribution >= 0.6 is 0 Å². The number of halogens is 1. The van der Waals surface area contributed by atoms with Gasteiger partial charge in [0.05, 0.1) is 14.2 Å². The highest BCUT2D eigenvalue weighted by molar-refractivity contribution is 5.65. The number of hydrogen-bond acceptors (Lipinski definition) is 6. The number of rotatable bonds is 6. The van der Waals surface area contributed by atoms with Gasteiger partial charge in [0, 0.05) is 23.5 Å². The van der Waals surface area contributed by atoms with Gasteiger partial charge in [0.2, 0.25) is 0 Å². The molecule has 0 fully saturated rings. The van der Waals surface area contributed by atoms with Crippen LogP contribution in [0.2, 0.25) is 0 Å². The molecule has 2 N–H and O–H groups in total. The highest BCUT2D eigenvalue weighted by Crippen LogP contribution is 2.31. The van der Waals surface area contributed by atoms with Crippen LogP contribution < -0.4 is 20.1 Å². The number of ether oxygens (including phenoxy) is 2. The van der Waals surface area contributed by atoms with Crippen LogP contribution in [0.4, 0.5) is 27.4 Å². The monoisotopic (exact) mass is 354 g/mol. The van der Waals surface area contributed by atoms with Gasteiger partial charge in [-0.15, -0.1) is 0 Å². The molecule has 0 saturated carbocycles. The van der Waals surface area contributed by atoms with Crippen molar-refractivity contribution in [2.24, 2.45) is 0 Å². The molecular weight excluding hydrogens is 335 g/mol. The molecule has 0 amide bonds. The summed E-state index contributed by atoms with van der Waals surface area (Å²) in [7, 11) is 3.17. The Labute approximate surface area is 151 Å². The second-order valence-corrected chi connectivity index (χ2v) is 5.51. The van der Waals surface area contributed by atoms with Crippen molar-refractivity contribution in [3.63, 3.8) is 0 Å². The van der Waals surface area contributed by atoms with Crippen molar-refractivity contribution in [2.75, 3.05) is 24.9 Å². The smallest absolute Gasteiger partial charge is 0.162 e. The lowest BCUT2D eigenvalue weighted by molar-refractivity contribution is 0.355. The molecule has 0 unspecified atom stereocenters. The van der Waals surface area contributed by atoms with Crippen LogP contribution in [-0.2, 0) is 0 Å². The zero-order valence-electron chi connectivity index (χ0n) is 14.7. The van der Waals surface area contributed by atoms with E-state index in [4.69, 9.17) is 9.47 Å². The molecule has 0 radical (unpaired) electrons. The molecule has 0 saturated heterocycles. The molecule has 0 aliphatic rings. The Bertz CT molecular complexity index is 901. The molecule has 134 valence electrons. The number of hydrogen-bond donors (Lipinski definition) is 2. The molecule has 3 aromatic rings. The van der Waals surface area contributed by atoms with Crippen LogP contribution in [0, 0.1) is 12.7 Å². The summed E-state index contributed by atoms with van der Waals surface area (Å²) in [6, 6.07) is 13.3. The van der Waals surface area contributed by atoms with Crippen molar-refractivity contribution in [3.05, 3.63) is 60.2 Å². The average molecular weight is 354 g/mol. The quantitative estimate of drug-likeness (QED) is 0.683. The molecule has 0 aliphatic heterocycles. The summed E-state index contributed by atoms with van der Waals surface area (Å²) in [5.74, 6) is 2.80. The van der Waals surface area contributed by atoms with Gasteiger partial charge >= 0.3 is 0 Å². The van der Waals surface area contributed by atoms with E-state index in [0.717, 1.165) is 11.4 Å². The van der Waals surface area contributed by atoms with Crippen molar-refractivity contribution in [2.45, 2.75) is 6.92 Å². The van der Waals surface area contributed by atoms with E-state index in [-0.39, 0.29) is 5.82 Å². The molecule has 1 aromatic heterocycles. The van der Waals surface area contributed by atoms with E-state index in [2.05, 4.69) is 20.6 Å². The van der Waals surface area contributed by atoms with E-state index >= 15 is 0 Å². The Hall–Kier alpha value is -3.35. The number of methoxy groups -OCH3 is 2. The molecule has 3 rings (SSSR count). The molecule has 2 aromatic carbocycles. The maximum absolute atomic E-state index is 13.0. The summed E-state index contributed by atoms with van der Waals surface area (Å²) in [6.45, 7) is 1.80.